The monoisotopic (exact) mass is 453 g/mol. The number of carbonyl (C=O) groups excluding carboxylic acids is 2. The van der Waals surface area contributed by atoms with Crippen LogP contribution in [-0.2, 0) is 40.3 Å². The third-order valence-electron chi connectivity index (χ3n) is 5.48. The van der Waals surface area contributed by atoms with E-state index in [0.717, 1.165) is 16.0 Å². The lowest BCUT2D eigenvalue weighted by atomic mass is 9.99. The number of rotatable bonds is 11. The quantitative estimate of drug-likeness (QED) is 0.211. The Hall–Kier alpha value is -2.84. The van der Waals surface area contributed by atoms with Crippen LogP contribution in [0.25, 0.3) is 0 Å². The summed E-state index contributed by atoms with van der Waals surface area (Å²) in [7, 11) is 0. The summed E-state index contributed by atoms with van der Waals surface area (Å²) in [5, 5.41) is 0. The number of hydrogen-bond donors (Lipinski definition) is 0. The van der Waals surface area contributed by atoms with E-state index in [4.69, 9.17) is 19.6 Å². The third kappa shape index (κ3) is 6.36. The van der Waals surface area contributed by atoms with Gasteiger partial charge in [0, 0.05) is 25.1 Å². The van der Waals surface area contributed by atoms with Gasteiger partial charge in [-0.2, -0.15) is 9.78 Å². The van der Waals surface area contributed by atoms with Crippen molar-refractivity contribution in [3.8, 4) is 0 Å². The highest BCUT2D eigenvalue weighted by atomic mass is 17.3. The van der Waals surface area contributed by atoms with Crippen LogP contribution in [0.2, 0.25) is 0 Å². The fraction of sp³-hybridized carbons (Fsp3) is 0.385. The van der Waals surface area contributed by atoms with Gasteiger partial charge >= 0.3 is 0 Å². The minimum atomic E-state index is -1.42. The van der Waals surface area contributed by atoms with Crippen molar-refractivity contribution >= 4 is 11.8 Å². The van der Waals surface area contributed by atoms with Gasteiger partial charge in [0.2, 0.25) is 5.79 Å². The molecule has 0 fully saturated rings. The van der Waals surface area contributed by atoms with Gasteiger partial charge in [0.25, 0.3) is 11.8 Å². The van der Waals surface area contributed by atoms with Crippen LogP contribution < -0.4 is 0 Å². The van der Waals surface area contributed by atoms with Gasteiger partial charge in [-0.05, 0) is 45.7 Å². The molecule has 0 saturated carbocycles. The lowest BCUT2D eigenvalue weighted by Gasteiger charge is -2.35. The molecule has 2 aromatic carbocycles. The van der Waals surface area contributed by atoms with E-state index in [2.05, 4.69) is 0 Å². The molecule has 1 aliphatic rings. The summed E-state index contributed by atoms with van der Waals surface area (Å²) in [6.07, 6.45) is 2.61. The van der Waals surface area contributed by atoms with Crippen LogP contribution in [0, 0.1) is 0 Å². The van der Waals surface area contributed by atoms with Gasteiger partial charge < -0.3 is 0 Å². The molecule has 0 aromatic heterocycles. The zero-order chi connectivity index (χ0) is 24.1. The lowest BCUT2D eigenvalue weighted by Crippen LogP contribution is -2.42. The Morgan fingerprint density at radius 3 is 1.42 bits per heavy atom. The summed E-state index contributed by atoms with van der Waals surface area (Å²) in [5.74, 6) is -2.17. The molecule has 1 aliphatic heterocycles. The number of carbonyl (C=O) groups is 2. The van der Waals surface area contributed by atoms with Crippen LogP contribution in [-0.4, -0.2) is 29.0 Å². The molecule has 0 radical (unpaired) electrons. The maximum atomic E-state index is 12.0. The first-order valence-electron chi connectivity index (χ1n) is 10.9. The number of hydrogen-bond acceptors (Lipinski definition) is 6. The highest BCUT2D eigenvalue weighted by Crippen LogP contribution is 2.32. The average molecular weight is 454 g/mol. The molecule has 2 amide bonds. The van der Waals surface area contributed by atoms with Crippen molar-refractivity contribution in [2.75, 3.05) is 6.54 Å². The summed E-state index contributed by atoms with van der Waals surface area (Å²) in [5.41, 5.74) is 0.238. The van der Waals surface area contributed by atoms with E-state index < -0.39 is 17.0 Å². The largest absolute Gasteiger partial charge is 0.275 e. The van der Waals surface area contributed by atoms with Gasteiger partial charge in [0.1, 0.15) is 11.2 Å². The third-order valence-corrected chi connectivity index (χ3v) is 5.48. The molecule has 0 saturated heterocycles. The van der Waals surface area contributed by atoms with E-state index in [-0.39, 0.29) is 24.8 Å². The Labute approximate surface area is 194 Å². The fourth-order valence-electron chi connectivity index (χ4n) is 3.22. The van der Waals surface area contributed by atoms with Crippen molar-refractivity contribution in [1.82, 2.24) is 4.90 Å². The van der Waals surface area contributed by atoms with Crippen molar-refractivity contribution in [2.45, 2.75) is 58.0 Å². The number of imide groups is 1. The molecule has 0 bridgehead atoms. The van der Waals surface area contributed by atoms with Gasteiger partial charge in [-0.3, -0.25) is 14.5 Å². The summed E-state index contributed by atoms with van der Waals surface area (Å²) < 4.78 is 0. The maximum Gasteiger partial charge on any atom is 0.253 e. The summed E-state index contributed by atoms with van der Waals surface area (Å²) >= 11 is 0. The van der Waals surface area contributed by atoms with Crippen molar-refractivity contribution in [1.29, 1.82) is 0 Å². The van der Waals surface area contributed by atoms with Gasteiger partial charge in [-0.1, -0.05) is 60.7 Å². The normalized spacial score (nSPS) is 14.9. The predicted octanol–water partition coefficient (Wildman–Crippen LogP) is 4.78. The Morgan fingerprint density at radius 2 is 1.03 bits per heavy atom. The molecular weight excluding hydrogens is 422 g/mol. The molecule has 0 N–H and O–H groups in total. The maximum absolute atomic E-state index is 12.0. The van der Waals surface area contributed by atoms with Gasteiger partial charge in [0.05, 0.1) is 0 Å². The van der Waals surface area contributed by atoms with E-state index in [9.17, 15) is 9.59 Å². The standard InChI is InChI=1S/C26H31NO6/c1-24(2,20-12-8-6-9-13-20)30-32-26(5,18-19-27-22(28)16-17-23(27)29)33-31-25(3,4)21-14-10-7-11-15-21/h6-17H,18-19H2,1-5H3. The Kier molecular flexibility index (Phi) is 7.49. The molecule has 0 atom stereocenters. The molecule has 7 heteroatoms. The Morgan fingerprint density at radius 1 is 0.636 bits per heavy atom. The molecule has 3 rings (SSSR count). The van der Waals surface area contributed by atoms with Crippen LogP contribution in [0.1, 0.15) is 52.2 Å². The highest BCUT2D eigenvalue weighted by molar-refractivity contribution is 6.12. The lowest BCUT2D eigenvalue weighted by molar-refractivity contribution is -0.543. The molecule has 2 aromatic rings. The zero-order valence-corrected chi connectivity index (χ0v) is 19.7. The topological polar surface area (TPSA) is 74.3 Å². The van der Waals surface area contributed by atoms with Crippen LogP contribution in [0.15, 0.2) is 72.8 Å². The second-order valence-electron chi connectivity index (χ2n) is 9.13. The van der Waals surface area contributed by atoms with Gasteiger partial charge in [-0.25, -0.2) is 9.78 Å². The van der Waals surface area contributed by atoms with E-state index in [1.54, 1.807) is 6.92 Å². The zero-order valence-electron chi connectivity index (χ0n) is 19.7. The molecule has 176 valence electrons. The Balaban J connectivity index is 1.73. The van der Waals surface area contributed by atoms with Crippen molar-refractivity contribution in [2.24, 2.45) is 0 Å². The smallest absolute Gasteiger partial charge is 0.253 e. The first-order valence-corrected chi connectivity index (χ1v) is 10.9. The van der Waals surface area contributed by atoms with Crippen LogP contribution in [0.5, 0.6) is 0 Å². The molecule has 0 spiro atoms. The van der Waals surface area contributed by atoms with Gasteiger partial charge in [0.15, 0.2) is 0 Å². The van der Waals surface area contributed by atoms with Crippen molar-refractivity contribution in [3.63, 3.8) is 0 Å². The van der Waals surface area contributed by atoms with Crippen LogP contribution >= 0.6 is 0 Å². The average Bonchev–Trinajstić information content (AvgIpc) is 3.14. The molecule has 1 heterocycles. The summed E-state index contributed by atoms with van der Waals surface area (Å²) in [6, 6.07) is 19.2. The summed E-state index contributed by atoms with van der Waals surface area (Å²) in [6.45, 7) is 9.20. The van der Waals surface area contributed by atoms with E-state index in [1.165, 1.54) is 12.2 Å². The molecule has 7 nitrogen and oxygen atoms in total. The number of benzene rings is 2. The molecule has 33 heavy (non-hydrogen) atoms. The molecular formula is C26H31NO6. The van der Waals surface area contributed by atoms with Crippen LogP contribution in [0.4, 0.5) is 0 Å². The second kappa shape index (κ2) is 9.97. The SMILES string of the molecule is CC(CCN1C(=O)C=CC1=O)(OOC(C)(C)c1ccccc1)OOC(C)(C)c1ccccc1. The Bertz CT molecular complexity index is 911. The predicted molar refractivity (Wildman–Crippen MR) is 122 cm³/mol. The minimum absolute atomic E-state index is 0.0748. The number of nitrogens with zero attached hydrogens (tertiary/aromatic N) is 1. The highest BCUT2D eigenvalue weighted by Gasteiger charge is 2.38. The van der Waals surface area contributed by atoms with E-state index >= 15 is 0 Å². The van der Waals surface area contributed by atoms with Crippen molar-refractivity contribution < 1.29 is 29.1 Å². The second-order valence-corrected chi connectivity index (χ2v) is 9.13. The van der Waals surface area contributed by atoms with Gasteiger partial charge in [-0.15, -0.1) is 0 Å². The minimum Gasteiger partial charge on any atom is -0.275 e. The first-order chi connectivity index (χ1) is 15.5. The summed E-state index contributed by atoms with van der Waals surface area (Å²) in [4.78, 5) is 48.3. The van der Waals surface area contributed by atoms with E-state index in [1.807, 2.05) is 88.4 Å². The first kappa shape index (κ1) is 24.8. The van der Waals surface area contributed by atoms with Crippen molar-refractivity contribution in [3.05, 3.63) is 83.9 Å². The van der Waals surface area contributed by atoms with Crippen LogP contribution in [0.3, 0.4) is 0 Å². The fourth-order valence-corrected chi connectivity index (χ4v) is 3.22. The number of amides is 2. The molecule has 0 aliphatic carbocycles. The van der Waals surface area contributed by atoms with E-state index in [0.29, 0.717) is 0 Å². The molecule has 0 unspecified atom stereocenters.